The molecular formula is C14H24N4O3. The van der Waals surface area contributed by atoms with Crippen LogP contribution >= 0.6 is 0 Å². The lowest BCUT2D eigenvalue weighted by molar-refractivity contribution is 0.0134. The van der Waals surface area contributed by atoms with Gasteiger partial charge in [0.15, 0.2) is 0 Å². The average Bonchev–Trinajstić information content (AvgIpc) is 2.48. The van der Waals surface area contributed by atoms with Crippen molar-refractivity contribution in [3.8, 4) is 0 Å². The fraction of sp³-hybridized carbons (Fsp3) is 0.714. The second-order valence-corrected chi connectivity index (χ2v) is 5.38. The first-order chi connectivity index (χ1) is 10.1. The summed E-state index contributed by atoms with van der Waals surface area (Å²) in [6.45, 7) is 3.85. The van der Waals surface area contributed by atoms with Gasteiger partial charge in [-0.05, 0) is 32.1 Å². The van der Waals surface area contributed by atoms with E-state index in [1.54, 1.807) is 0 Å². The molecule has 0 radical (unpaired) electrons. The molecule has 21 heavy (non-hydrogen) atoms. The van der Waals surface area contributed by atoms with Crippen molar-refractivity contribution in [2.45, 2.75) is 51.7 Å². The third-order valence-corrected chi connectivity index (χ3v) is 3.73. The van der Waals surface area contributed by atoms with E-state index in [-0.39, 0.29) is 17.6 Å². The third kappa shape index (κ3) is 3.87. The van der Waals surface area contributed by atoms with Gasteiger partial charge in [-0.2, -0.15) is 0 Å². The van der Waals surface area contributed by atoms with E-state index in [4.69, 9.17) is 10.5 Å². The topological polar surface area (TPSA) is 102 Å². The Morgan fingerprint density at radius 2 is 2.24 bits per heavy atom. The zero-order valence-electron chi connectivity index (χ0n) is 12.5. The van der Waals surface area contributed by atoms with Gasteiger partial charge in [-0.3, -0.25) is 14.3 Å². The normalized spacial score (nSPS) is 18.6. The quantitative estimate of drug-likeness (QED) is 0.724. The Balaban J connectivity index is 2.03. The van der Waals surface area contributed by atoms with Gasteiger partial charge in [0, 0.05) is 19.7 Å². The van der Waals surface area contributed by atoms with Gasteiger partial charge >= 0.3 is 5.69 Å². The highest BCUT2D eigenvalue weighted by atomic mass is 16.5. The molecule has 1 atom stereocenters. The number of hydrogen-bond donors (Lipinski definition) is 3. The molecule has 1 saturated heterocycles. The first-order valence-corrected chi connectivity index (χ1v) is 7.61. The van der Waals surface area contributed by atoms with Crippen molar-refractivity contribution < 1.29 is 4.74 Å². The summed E-state index contributed by atoms with van der Waals surface area (Å²) < 4.78 is 7.04. The van der Waals surface area contributed by atoms with E-state index >= 15 is 0 Å². The van der Waals surface area contributed by atoms with Crippen LogP contribution < -0.4 is 22.3 Å². The van der Waals surface area contributed by atoms with E-state index < -0.39 is 11.2 Å². The average molecular weight is 296 g/mol. The summed E-state index contributed by atoms with van der Waals surface area (Å²) in [7, 11) is 0. The maximum Gasteiger partial charge on any atom is 0.330 e. The molecule has 1 unspecified atom stereocenters. The maximum absolute atomic E-state index is 11.9. The first kappa shape index (κ1) is 15.6. The van der Waals surface area contributed by atoms with Crippen molar-refractivity contribution in [3.63, 3.8) is 0 Å². The van der Waals surface area contributed by atoms with Crippen molar-refractivity contribution in [3.05, 3.63) is 20.8 Å². The van der Waals surface area contributed by atoms with Crippen LogP contribution in [0.2, 0.25) is 0 Å². The molecule has 1 aromatic heterocycles. The molecule has 0 amide bonds. The summed E-state index contributed by atoms with van der Waals surface area (Å²) in [5.41, 5.74) is 5.29. The lowest BCUT2D eigenvalue weighted by Crippen LogP contribution is -2.34. The molecule has 7 heteroatoms. The number of rotatable bonds is 6. The van der Waals surface area contributed by atoms with Crippen molar-refractivity contribution >= 4 is 11.5 Å². The minimum Gasteiger partial charge on any atom is -0.383 e. The van der Waals surface area contributed by atoms with Gasteiger partial charge in [0.1, 0.15) is 11.5 Å². The van der Waals surface area contributed by atoms with E-state index in [0.29, 0.717) is 13.1 Å². The summed E-state index contributed by atoms with van der Waals surface area (Å²) in [5, 5.41) is 3.05. The molecule has 1 aliphatic rings. The van der Waals surface area contributed by atoms with Gasteiger partial charge in [-0.15, -0.1) is 0 Å². The number of nitrogens with two attached hydrogens (primary N) is 1. The van der Waals surface area contributed by atoms with E-state index in [1.807, 2.05) is 6.92 Å². The van der Waals surface area contributed by atoms with E-state index in [9.17, 15) is 9.59 Å². The highest BCUT2D eigenvalue weighted by molar-refractivity contribution is 5.60. The molecule has 1 fully saturated rings. The first-order valence-electron chi connectivity index (χ1n) is 7.61. The molecule has 0 bridgehead atoms. The molecule has 4 N–H and O–H groups in total. The van der Waals surface area contributed by atoms with Crippen LogP contribution in [0.4, 0.5) is 11.5 Å². The number of H-pyrrole nitrogens is 1. The van der Waals surface area contributed by atoms with Gasteiger partial charge < -0.3 is 15.8 Å². The van der Waals surface area contributed by atoms with Crippen LogP contribution in [0.3, 0.4) is 0 Å². The van der Waals surface area contributed by atoms with E-state index in [2.05, 4.69) is 10.3 Å². The van der Waals surface area contributed by atoms with Crippen LogP contribution in [0, 0.1) is 0 Å². The number of anilines is 2. The highest BCUT2D eigenvalue weighted by Gasteiger charge is 2.15. The molecule has 7 nitrogen and oxygen atoms in total. The third-order valence-electron chi connectivity index (χ3n) is 3.73. The summed E-state index contributed by atoms with van der Waals surface area (Å²) in [5.74, 6) is 0.204. The second kappa shape index (κ2) is 7.31. The molecule has 0 aliphatic carbocycles. The minimum absolute atomic E-state index is 0.204. The van der Waals surface area contributed by atoms with E-state index in [0.717, 1.165) is 32.3 Å². The summed E-state index contributed by atoms with van der Waals surface area (Å²) >= 11 is 0. The Labute approximate surface area is 123 Å². The van der Waals surface area contributed by atoms with Gasteiger partial charge in [-0.1, -0.05) is 6.92 Å². The largest absolute Gasteiger partial charge is 0.383 e. The fourth-order valence-corrected chi connectivity index (χ4v) is 2.60. The number of nitrogen functional groups attached to an aromatic ring is 1. The fourth-order valence-electron chi connectivity index (χ4n) is 2.60. The van der Waals surface area contributed by atoms with E-state index in [1.165, 1.54) is 11.0 Å². The lowest BCUT2D eigenvalue weighted by Gasteiger charge is -2.22. The number of aromatic amines is 1. The number of aromatic nitrogens is 2. The summed E-state index contributed by atoms with van der Waals surface area (Å²) in [6, 6.07) is 0. The summed E-state index contributed by atoms with van der Waals surface area (Å²) in [4.78, 5) is 25.9. The molecule has 1 aromatic rings. The number of ether oxygens (including phenoxy) is 1. The van der Waals surface area contributed by atoms with Gasteiger partial charge in [0.2, 0.25) is 0 Å². The highest BCUT2D eigenvalue weighted by Crippen LogP contribution is 2.16. The molecular weight excluding hydrogens is 272 g/mol. The van der Waals surface area contributed by atoms with Gasteiger partial charge in [-0.25, -0.2) is 4.79 Å². The Bertz CT molecular complexity index is 573. The molecule has 1 aliphatic heterocycles. The Morgan fingerprint density at radius 1 is 1.43 bits per heavy atom. The minimum atomic E-state index is -0.464. The van der Waals surface area contributed by atoms with Crippen LogP contribution in [0.1, 0.15) is 39.0 Å². The number of hydrogen-bond acceptors (Lipinski definition) is 5. The van der Waals surface area contributed by atoms with Crippen molar-refractivity contribution in [1.29, 1.82) is 0 Å². The Hall–Kier alpha value is -1.76. The molecule has 0 aromatic carbocycles. The molecule has 0 saturated carbocycles. The van der Waals surface area contributed by atoms with Crippen molar-refractivity contribution in [1.82, 2.24) is 9.55 Å². The van der Waals surface area contributed by atoms with Crippen LogP contribution in [0.25, 0.3) is 0 Å². The van der Waals surface area contributed by atoms with Crippen LogP contribution in [-0.2, 0) is 11.3 Å². The smallest absolute Gasteiger partial charge is 0.330 e. The number of nitrogens with zero attached hydrogens (tertiary/aromatic N) is 1. The monoisotopic (exact) mass is 296 g/mol. The van der Waals surface area contributed by atoms with Crippen molar-refractivity contribution in [2.75, 3.05) is 24.2 Å². The molecule has 118 valence electrons. The summed E-state index contributed by atoms with van der Waals surface area (Å²) in [6.07, 6.45) is 5.21. The predicted octanol–water partition coefficient (Wildman–Crippen LogP) is 0.900. The van der Waals surface area contributed by atoms with Crippen LogP contribution in [0.5, 0.6) is 0 Å². The Kier molecular flexibility index (Phi) is 5.44. The maximum atomic E-state index is 11.9. The zero-order chi connectivity index (χ0) is 15.2. The molecule has 2 heterocycles. The molecule has 0 spiro atoms. The standard InChI is InChI=1S/C14H24N4O3/c1-2-8-18-12(15)11(13(19)17-14(18)20)16-7-6-10-5-3-4-9-21-10/h10,16H,2-9,15H2,1H3,(H,17,19,20). The predicted molar refractivity (Wildman–Crippen MR) is 82.7 cm³/mol. The lowest BCUT2D eigenvalue weighted by atomic mass is 10.1. The zero-order valence-corrected chi connectivity index (χ0v) is 12.5. The van der Waals surface area contributed by atoms with Crippen LogP contribution in [0.15, 0.2) is 9.59 Å². The van der Waals surface area contributed by atoms with Gasteiger partial charge in [0.05, 0.1) is 6.10 Å². The van der Waals surface area contributed by atoms with Gasteiger partial charge in [0.25, 0.3) is 5.56 Å². The number of nitrogens with one attached hydrogen (secondary N) is 2. The second-order valence-electron chi connectivity index (χ2n) is 5.38. The van der Waals surface area contributed by atoms with Crippen LogP contribution in [-0.4, -0.2) is 28.8 Å². The Morgan fingerprint density at radius 3 is 2.90 bits per heavy atom. The van der Waals surface area contributed by atoms with Crippen molar-refractivity contribution in [2.24, 2.45) is 0 Å². The SMILES string of the molecule is CCCn1c(N)c(NCCC2CCCCO2)c(=O)[nH]c1=O. The molecule has 2 rings (SSSR count).